The van der Waals surface area contributed by atoms with E-state index in [1.54, 1.807) is 0 Å². The fourth-order valence-corrected chi connectivity index (χ4v) is 1.70. The number of para-hydroxylation sites is 1. The summed E-state index contributed by atoms with van der Waals surface area (Å²) in [5, 5.41) is 0. The monoisotopic (exact) mass is 242 g/mol. The Morgan fingerprint density at radius 1 is 1.06 bits per heavy atom. The first-order valence-corrected chi connectivity index (χ1v) is 6.16. The molecule has 0 saturated heterocycles. The standard InChI is InChI=1S/C15H18N2O/c1-17(15-10-5-6-11-16-15)12-7-13-18-14-8-3-2-4-9-14/h2-6,8-11H,7,12-13H2,1H3. The number of rotatable bonds is 6. The normalized spacial score (nSPS) is 10.1. The van der Waals surface area contributed by atoms with Crippen LogP contribution >= 0.6 is 0 Å². The molecule has 0 amide bonds. The second-order valence-corrected chi connectivity index (χ2v) is 4.12. The number of anilines is 1. The van der Waals surface area contributed by atoms with Crippen molar-refractivity contribution in [2.45, 2.75) is 6.42 Å². The zero-order chi connectivity index (χ0) is 12.6. The van der Waals surface area contributed by atoms with Crippen LogP contribution in [0.3, 0.4) is 0 Å². The van der Waals surface area contributed by atoms with Crippen LogP contribution in [-0.2, 0) is 0 Å². The topological polar surface area (TPSA) is 25.4 Å². The Kier molecular flexibility index (Phi) is 4.59. The molecule has 0 aliphatic heterocycles. The molecule has 0 radical (unpaired) electrons. The van der Waals surface area contributed by atoms with Crippen LogP contribution < -0.4 is 9.64 Å². The number of hydrogen-bond donors (Lipinski definition) is 0. The lowest BCUT2D eigenvalue weighted by Crippen LogP contribution is -2.21. The highest BCUT2D eigenvalue weighted by atomic mass is 16.5. The Morgan fingerprint density at radius 3 is 2.56 bits per heavy atom. The van der Waals surface area contributed by atoms with Crippen molar-refractivity contribution >= 4 is 5.82 Å². The minimum atomic E-state index is 0.723. The van der Waals surface area contributed by atoms with E-state index >= 15 is 0 Å². The van der Waals surface area contributed by atoms with Gasteiger partial charge in [-0.3, -0.25) is 0 Å². The molecule has 2 aromatic rings. The van der Waals surface area contributed by atoms with Gasteiger partial charge in [-0.1, -0.05) is 24.3 Å². The highest BCUT2D eigenvalue weighted by Crippen LogP contribution is 2.10. The zero-order valence-corrected chi connectivity index (χ0v) is 10.6. The summed E-state index contributed by atoms with van der Waals surface area (Å²) in [6.45, 7) is 1.66. The van der Waals surface area contributed by atoms with Gasteiger partial charge < -0.3 is 9.64 Å². The molecule has 18 heavy (non-hydrogen) atoms. The first-order chi connectivity index (χ1) is 8.86. The summed E-state index contributed by atoms with van der Waals surface area (Å²) in [4.78, 5) is 6.43. The second kappa shape index (κ2) is 6.64. The van der Waals surface area contributed by atoms with Crippen molar-refractivity contribution in [1.82, 2.24) is 4.98 Å². The lowest BCUT2D eigenvalue weighted by atomic mass is 10.3. The van der Waals surface area contributed by atoms with Gasteiger partial charge in [-0.25, -0.2) is 4.98 Å². The molecule has 0 aliphatic rings. The second-order valence-electron chi connectivity index (χ2n) is 4.12. The Hall–Kier alpha value is -2.03. The third-order valence-corrected chi connectivity index (χ3v) is 2.69. The zero-order valence-electron chi connectivity index (χ0n) is 10.6. The number of hydrogen-bond acceptors (Lipinski definition) is 3. The molecule has 1 heterocycles. The fraction of sp³-hybridized carbons (Fsp3) is 0.267. The molecule has 0 aliphatic carbocycles. The first-order valence-electron chi connectivity index (χ1n) is 6.16. The summed E-state index contributed by atoms with van der Waals surface area (Å²) in [6, 6.07) is 15.8. The Morgan fingerprint density at radius 2 is 1.83 bits per heavy atom. The third kappa shape index (κ3) is 3.77. The number of nitrogens with zero attached hydrogens (tertiary/aromatic N) is 2. The number of benzene rings is 1. The molecule has 0 unspecified atom stereocenters. The van der Waals surface area contributed by atoms with Crippen molar-refractivity contribution in [1.29, 1.82) is 0 Å². The third-order valence-electron chi connectivity index (χ3n) is 2.69. The molecular weight excluding hydrogens is 224 g/mol. The number of aromatic nitrogens is 1. The summed E-state index contributed by atoms with van der Waals surface area (Å²) in [5.41, 5.74) is 0. The molecule has 0 fully saturated rings. The predicted octanol–water partition coefficient (Wildman–Crippen LogP) is 2.99. The van der Waals surface area contributed by atoms with Gasteiger partial charge in [-0.05, 0) is 30.7 Å². The molecule has 2 rings (SSSR count). The molecule has 0 atom stereocenters. The van der Waals surface area contributed by atoms with Crippen LogP contribution in [0.4, 0.5) is 5.82 Å². The van der Waals surface area contributed by atoms with Crippen LogP contribution in [-0.4, -0.2) is 25.2 Å². The highest BCUT2D eigenvalue weighted by Gasteiger charge is 2.00. The molecule has 0 N–H and O–H groups in total. The Labute approximate surface area is 108 Å². The summed E-state index contributed by atoms with van der Waals surface area (Å²) >= 11 is 0. The first kappa shape index (κ1) is 12.4. The van der Waals surface area contributed by atoms with Gasteiger partial charge in [0.15, 0.2) is 0 Å². The van der Waals surface area contributed by atoms with Gasteiger partial charge in [-0.15, -0.1) is 0 Å². The van der Waals surface area contributed by atoms with Crippen molar-refractivity contribution in [3.8, 4) is 5.75 Å². The van der Waals surface area contributed by atoms with E-state index in [0.29, 0.717) is 0 Å². The van der Waals surface area contributed by atoms with Crippen LogP contribution in [0, 0.1) is 0 Å². The SMILES string of the molecule is CN(CCCOc1ccccc1)c1ccccn1. The lowest BCUT2D eigenvalue weighted by molar-refractivity contribution is 0.312. The van der Waals surface area contributed by atoms with Gasteiger partial charge in [0, 0.05) is 19.8 Å². The van der Waals surface area contributed by atoms with E-state index < -0.39 is 0 Å². The smallest absolute Gasteiger partial charge is 0.128 e. The van der Waals surface area contributed by atoms with Crippen molar-refractivity contribution in [3.63, 3.8) is 0 Å². The molecular formula is C15H18N2O. The van der Waals surface area contributed by atoms with Crippen LogP contribution in [0.1, 0.15) is 6.42 Å². The van der Waals surface area contributed by atoms with Gasteiger partial charge >= 0.3 is 0 Å². The van der Waals surface area contributed by atoms with E-state index in [-0.39, 0.29) is 0 Å². The molecule has 3 nitrogen and oxygen atoms in total. The van der Waals surface area contributed by atoms with Gasteiger partial charge in [0.25, 0.3) is 0 Å². The molecule has 1 aromatic carbocycles. The van der Waals surface area contributed by atoms with E-state index in [1.165, 1.54) is 0 Å². The quantitative estimate of drug-likeness (QED) is 0.728. The summed E-state index contributed by atoms with van der Waals surface area (Å²) in [5.74, 6) is 1.93. The average Bonchev–Trinajstić information content (AvgIpc) is 2.45. The van der Waals surface area contributed by atoms with E-state index in [1.807, 2.05) is 61.8 Å². The van der Waals surface area contributed by atoms with E-state index in [0.717, 1.165) is 31.1 Å². The predicted molar refractivity (Wildman–Crippen MR) is 74.1 cm³/mol. The molecule has 94 valence electrons. The maximum absolute atomic E-state index is 5.65. The van der Waals surface area contributed by atoms with Crippen molar-refractivity contribution < 1.29 is 4.74 Å². The van der Waals surface area contributed by atoms with Crippen LogP contribution in [0.25, 0.3) is 0 Å². The Balaban J connectivity index is 1.70. The largest absolute Gasteiger partial charge is 0.494 e. The van der Waals surface area contributed by atoms with E-state index in [9.17, 15) is 0 Å². The highest BCUT2D eigenvalue weighted by molar-refractivity contribution is 5.36. The molecule has 0 bridgehead atoms. The van der Waals surface area contributed by atoms with Crippen molar-refractivity contribution in [2.75, 3.05) is 25.1 Å². The molecule has 0 saturated carbocycles. The van der Waals surface area contributed by atoms with E-state index in [4.69, 9.17) is 4.74 Å². The number of pyridine rings is 1. The van der Waals surface area contributed by atoms with Crippen LogP contribution in [0.5, 0.6) is 5.75 Å². The summed E-state index contributed by atoms with van der Waals surface area (Å²) < 4.78 is 5.65. The summed E-state index contributed by atoms with van der Waals surface area (Å²) in [7, 11) is 2.05. The van der Waals surface area contributed by atoms with Gasteiger partial charge in [0.05, 0.1) is 6.61 Å². The minimum Gasteiger partial charge on any atom is -0.494 e. The van der Waals surface area contributed by atoms with Gasteiger partial charge in [0.2, 0.25) is 0 Å². The maximum Gasteiger partial charge on any atom is 0.128 e. The lowest BCUT2D eigenvalue weighted by Gasteiger charge is -2.17. The molecule has 3 heteroatoms. The van der Waals surface area contributed by atoms with Crippen LogP contribution in [0.15, 0.2) is 54.7 Å². The molecule has 0 spiro atoms. The van der Waals surface area contributed by atoms with Crippen molar-refractivity contribution in [3.05, 3.63) is 54.7 Å². The summed E-state index contributed by atoms with van der Waals surface area (Å²) in [6.07, 6.45) is 2.79. The van der Waals surface area contributed by atoms with Crippen molar-refractivity contribution in [2.24, 2.45) is 0 Å². The maximum atomic E-state index is 5.65. The minimum absolute atomic E-state index is 0.723. The Bertz CT molecular complexity index is 445. The fourth-order valence-electron chi connectivity index (χ4n) is 1.70. The average molecular weight is 242 g/mol. The molecule has 1 aromatic heterocycles. The van der Waals surface area contributed by atoms with E-state index in [2.05, 4.69) is 9.88 Å². The number of ether oxygens (including phenoxy) is 1. The van der Waals surface area contributed by atoms with Crippen LogP contribution in [0.2, 0.25) is 0 Å². The van der Waals surface area contributed by atoms with Gasteiger partial charge in [0.1, 0.15) is 11.6 Å². The van der Waals surface area contributed by atoms with Gasteiger partial charge in [-0.2, -0.15) is 0 Å².